The Morgan fingerprint density at radius 3 is 2.68 bits per heavy atom. The molecule has 19 heavy (non-hydrogen) atoms. The van der Waals surface area contributed by atoms with Gasteiger partial charge in [-0.1, -0.05) is 33.3 Å². The van der Waals surface area contributed by atoms with E-state index in [0.29, 0.717) is 12.0 Å². The number of hydrogen-bond donors (Lipinski definition) is 1. The second-order valence-electron chi connectivity index (χ2n) is 5.77. The summed E-state index contributed by atoms with van der Waals surface area (Å²) >= 11 is 0. The Bertz CT molecular complexity index is 324. The SMILES string of the molecule is CCCC(CNCC(C)C)N(C)Cc1cccnc1. The van der Waals surface area contributed by atoms with E-state index in [2.05, 4.69) is 49.1 Å². The largest absolute Gasteiger partial charge is 0.315 e. The first-order chi connectivity index (χ1) is 9.13. The van der Waals surface area contributed by atoms with Crippen LogP contribution in [0.25, 0.3) is 0 Å². The molecule has 0 bridgehead atoms. The van der Waals surface area contributed by atoms with Gasteiger partial charge in [0.05, 0.1) is 0 Å². The lowest BCUT2D eigenvalue weighted by molar-refractivity contribution is 0.213. The molecule has 1 aromatic heterocycles. The molecule has 0 aromatic carbocycles. The molecule has 3 nitrogen and oxygen atoms in total. The van der Waals surface area contributed by atoms with Crippen molar-refractivity contribution in [1.29, 1.82) is 0 Å². The molecule has 1 N–H and O–H groups in total. The molecular formula is C16H29N3. The molecule has 108 valence electrons. The standard InChI is InChI=1S/C16H29N3/c1-5-7-16(12-18-10-14(2)3)19(4)13-15-8-6-9-17-11-15/h6,8-9,11,14,16,18H,5,7,10,12-13H2,1-4H3. The van der Waals surface area contributed by atoms with Gasteiger partial charge in [-0.2, -0.15) is 0 Å². The predicted molar refractivity (Wildman–Crippen MR) is 82.1 cm³/mol. The molecular weight excluding hydrogens is 234 g/mol. The summed E-state index contributed by atoms with van der Waals surface area (Å²) in [6.07, 6.45) is 6.26. The molecule has 1 atom stereocenters. The van der Waals surface area contributed by atoms with Crippen molar-refractivity contribution in [2.45, 2.75) is 46.2 Å². The van der Waals surface area contributed by atoms with E-state index in [-0.39, 0.29) is 0 Å². The molecule has 1 heterocycles. The predicted octanol–water partition coefficient (Wildman–Crippen LogP) is 2.93. The van der Waals surface area contributed by atoms with Crippen LogP contribution in [-0.2, 0) is 6.54 Å². The molecule has 1 aromatic rings. The van der Waals surface area contributed by atoms with Crippen molar-refractivity contribution < 1.29 is 0 Å². The highest BCUT2D eigenvalue weighted by atomic mass is 15.1. The summed E-state index contributed by atoms with van der Waals surface area (Å²) in [7, 11) is 2.21. The summed E-state index contributed by atoms with van der Waals surface area (Å²) in [6, 6.07) is 4.76. The number of pyridine rings is 1. The Hall–Kier alpha value is -0.930. The van der Waals surface area contributed by atoms with Crippen molar-refractivity contribution in [3.05, 3.63) is 30.1 Å². The monoisotopic (exact) mass is 263 g/mol. The number of hydrogen-bond acceptors (Lipinski definition) is 3. The van der Waals surface area contributed by atoms with Gasteiger partial charge < -0.3 is 5.32 Å². The molecule has 0 amide bonds. The second-order valence-corrected chi connectivity index (χ2v) is 5.77. The van der Waals surface area contributed by atoms with Crippen LogP contribution in [0, 0.1) is 5.92 Å². The Labute approximate surface area is 118 Å². The average Bonchev–Trinajstić information content (AvgIpc) is 2.38. The molecule has 0 saturated heterocycles. The number of nitrogens with zero attached hydrogens (tertiary/aromatic N) is 2. The van der Waals surface area contributed by atoms with Gasteiger partial charge >= 0.3 is 0 Å². The third-order valence-corrected chi connectivity index (χ3v) is 3.33. The van der Waals surface area contributed by atoms with Crippen molar-refractivity contribution >= 4 is 0 Å². The fourth-order valence-corrected chi connectivity index (χ4v) is 2.26. The van der Waals surface area contributed by atoms with Gasteiger partial charge in [-0.25, -0.2) is 0 Å². The number of nitrogens with one attached hydrogen (secondary N) is 1. The summed E-state index contributed by atoms with van der Waals surface area (Å²) in [4.78, 5) is 6.62. The Morgan fingerprint density at radius 1 is 1.32 bits per heavy atom. The lowest BCUT2D eigenvalue weighted by Crippen LogP contribution is -2.40. The van der Waals surface area contributed by atoms with Gasteiger partial charge in [0, 0.05) is 31.5 Å². The lowest BCUT2D eigenvalue weighted by Gasteiger charge is -2.28. The number of likely N-dealkylation sites (N-methyl/N-ethyl adjacent to an activating group) is 1. The molecule has 0 aliphatic rings. The van der Waals surface area contributed by atoms with Gasteiger partial charge in [0.15, 0.2) is 0 Å². The Morgan fingerprint density at radius 2 is 2.11 bits per heavy atom. The third-order valence-electron chi connectivity index (χ3n) is 3.33. The minimum Gasteiger partial charge on any atom is -0.315 e. The minimum absolute atomic E-state index is 0.601. The zero-order valence-corrected chi connectivity index (χ0v) is 12.9. The number of rotatable bonds is 9. The van der Waals surface area contributed by atoms with Crippen LogP contribution < -0.4 is 5.32 Å². The lowest BCUT2D eigenvalue weighted by atomic mass is 10.1. The summed E-state index contributed by atoms with van der Waals surface area (Å²) < 4.78 is 0. The summed E-state index contributed by atoms with van der Waals surface area (Å²) in [5.41, 5.74) is 1.29. The highest BCUT2D eigenvalue weighted by molar-refractivity contribution is 5.08. The van der Waals surface area contributed by atoms with E-state index in [1.807, 2.05) is 18.5 Å². The first-order valence-electron chi connectivity index (χ1n) is 7.43. The average molecular weight is 263 g/mol. The Kier molecular flexibility index (Phi) is 7.68. The van der Waals surface area contributed by atoms with Gasteiger partial charge in [-0.05, 0) is 37.6 Å². The van der Waals surface area contributed by atoms with Crippen molar-refractivity contribution in [3.8, 4) is 0 Å². The van der Waals surface area contributed by atoms with Crippen LogP contribution in [-0.4, -0.2) is 36.1 Å². The normalized spacial score (nSPS) is 13.2. The molecule has 1 rings (SSSR count). The maximum absolute atomic E-state index is 4.19. The Balaban J connectivity index is 2.45. The zero-order valence-electron chi connectivity index (χ0n) is 12.9. The van der Waals surface area contributed by atoms with Crippen molar-refractivity contribution in [3.63, 3.8) is 0 Å². The molecule has 0 spiro atoms. The molecule has 0 fully saturated rings. The van der Waals surface area contributed by atoms with Crippen molar-refractivity contribution in [2.24, 2.45) is 5.92 Å². The van der Waals surface area contributed by atoms with Crippen LogP contribution >= 0.6 is 0 Å². The molecule has 0 radical (unpaired) electrons. The van der Waals surface area contributed by atoms with Crippen LogP contribution in [0.4, 0.5) is 0 Å². The summed E-state index contributed by atoms with van der Waals surface area (Å²) in [6.45, 7) is 9.90. The van der Waals surface area contributed by atoms with Crippen LogP contribution in [0.5, 0.6) is 0 Å². The fraction of sp³-hybridized carbons (Fsp3) is 0.688. The van der Waals surface area contributed by atoms with E-state index >= 15 is 0 Å². The molecule has 1 unspecified atom stereocenters. The van der Waals surface area contributed by atoms with Gasteiger partial charge in [-0.3, -0.25) is 9.88 Å². The fourth-order valence-electron chi connectivity index (χ4n) is 2.26. The topological polar surface area (TPSA) is 28.2 Å². The third kappa shape index (κ3) is 6.69. The van der Waals surface area contributed by atoms with E-state index in [4.69, 9.17) is 0 Å². The van der Waals surface area contributed by atoms with Gasteiger partial charge in [-0.15, -0.1) is 0 Å². The van der Waals surface area contributed by atoms with Crippen LogP contribution in [0.15, 0.2) is 24.5 Å². The van der Waals surface area contributed by atoms with Gasteiger partial charge in [0.2, 0.25) is 0 Å². The van der Waals surface area contributed by atoms with Crippen molar-refractivity contribution in [2.75, 3.05) is 20.1 Å². The maximum Gasteiger partial charge on any atom is 0.0312 e. The van der Waals surface area contributed by atoms with Crippen LogP contribution in [0.3, 0.4) is 0 Å². The van der Waals surface area contributed by atoms with E-state index in [0.717, 1.165) is 19.6 Å². The van der Waals surface area contributed by atoms with E-state index in [1.165, 1.54) is 18.4 Å². The van der Waals surface area contributed by atoms with Gasteiger partial charge in [0.1, 0.15) is 0 Å². The highest BCUT2D eigenvalue weighted by Crippen LogP contribution is 2.09. The maximum atomic E-state index is 4.19. The summed E-state index contributed by atoms with van der Waals surface area (Å²) in [5.74, 6) is 0.714. The molecule has 0 aliphatic carbocycles. The molecule has 0 aliphatic heterocycles. The quantitative estimate of drug-likeness (QED) is 0.742. The van der Waals surface area contributed by atoms with E-state index in [1.54, 1.807) is 0 Å². The highest BCUT2D eigenvalue weighted by Gasteiger charge is 2.14. The molecule has 3 heteroatoms. The number of aromatic nitrogens is 1. The minimum atomic E-state index is 0.601. The molecule has 0 saturated carbocycles. The van der Waals surface area contributed by atoms with Crippen molar-refractivity contribution in [1.82, 2.24) is 15.2 Å². The van der Waals surface area contributed by atoms with Crippen LogP contribution in [0.1, 0.15) is 39.2 Å². The summed E-state index contributed by atoms with van der Waals surface area (Å²) in [5, 5.41) is 3.58. The van der Waals surface area contributed by atoms with E-state index in [9.17, 15) is 0 Å². The van der Waals surface area contributed by atoms with Crippen LogP contribution in [0.2, 0.25) is 0 Å². The second kappa shape index (κ2) is 9.05. The first-order valence-corrected chi connectivity index (χ1v) is 7.43. The first kappa shape index (κ1) is 16.1. The van der Waals surface area contributed by atoms with Gasteiger partial charge in [0.25, 0.3) is 0 Å². The zero-order chi connectivity index (χ0) is 14.1. The smallest absolute Gasteiger partial charge is 0.0312 e. The van der Waals surface area contributed by atoms with E-state index < -0.39 is 0 Å².